The number of hydrogen-bond acceptors (Lipinski definition) is 2. The van der Waals surface area contributed by atoms with Gasteiger partial charge in [0.2, 0.25) is 5.91 Å². The minimum Gasteiger partial charge on any atom is -0.341 e. The first-order valence-corrected chi connectivity index (χ1v) is 6.28. The van der Waals surface area contributed by atoms with Gasteiger partial charge in [-0.2, -0.15) is 0 Å². The van der Waals surface area contributed by atoms with Crippen molar-refractivity contribution in [3.05, 3.63) is 0 Å². The Bertz CT molecular complexity index is 271. The van der Waals surface area contributed by atoms with Crippen molar-refractivity contribution in [3.63, 3.8) is 0 Å². The lowest BCUT2D eigenvalue weighted by Gasteiger charge is -2.36. The van der Waals surface area contributed by atoms with E-state index in [-0.39, 0.29) is 17.1 Å². The molecule has 0 aliphatic carbocycles. The van der Waals surface area contributed by atoms with Gasteiger partial charge in [0, 0.05) is 31.3 Å². The smallest absolute Gasteiger partial charge is 0.222 e. The van der Waals surface area contributed by atoms with Gasteiger partial charge in [-0.1, -0.05) is 33.6 Å². The molecule has 1 saturated heterocycles. The van der Waals surface area contributed by atoms with Crippen molar-refractivity contribution in [2.24, 2.45) is 5.41 Å². The predicted octanol–water partition coefficient (Wildman–Crippen LogP) is 2.39. The molecule has 0 N–H and O–H groups in total. The van der Waals surface area contributed by atoms with Crippen LogP contribution >= 0.6 is 0 Å². The van der Waals surface area contributed by atoms with Crippen molar-refractivity contribution >= 4 is 11.7 Å². The molecule has 0 atom stereocenters. The number of unbranched alkanes of at least 4 members (excludes halogenated alkanes) is 2. The van der Waals surface area contributed by atoms with Crippen LogP contribution in [0.15, 0.2) is 0 Å². The lowest BCUT2D eigenvalue weighted by Crippen LogP contribution is -2.48. The summed E-state index contributed by atoms with van der Waals surface area (Å²) in [5.41, 5.74) is -0.349. The third-order valence-corrected chi connectivity index (χ3v) is 3.30. The van der Waals surface area contributed by atoms with Crippen molar-refractivity contribution in [1.82, 2.24) is 4.90 Å². The number of ketones is 1. The Morgan fingerprint density at radius 1 is 1.38 bits per heavy atom. The molecule has 1 rings (SSSR count). The fraction of sp³-hybridized carbons (Fsp3) is 0.846. The number of rotatable bonds is 4. The third-order valence-electron chi connectivity index (χ3n) is 3.30. The van der Waals surface area contributed by atoms with Crippen molar-refractivity contribution in [3.8, 4) is 0 Å². The number of Topliss-reactive ketones (excluding diaryl/α,β-unsaturated/α-hetero) is 1. The maximum Gasteiger partial charge on any atom is 0.222 e. The highest BCUT2D eigenvalue weighted by atomic mass is 16.2. The number of piperidine rings is 1. The Kier molecular flexibility index (Phi) is 4.51. The number of likely N-dealkylation sites (tertiary alicyclic amines) is 1. The van der Waals surface area contributed by atoms with Crippen LogP contribution in [0.3, 0.4) is 0 Å². The van der Waals surface area contributed by atoms with Crippen molar-refractivity contribution < 1.29 is 9.59 Å². The van der Waals surface area contributed by atoms with Crippen LogP contribution < -0.4 is 0 Å². The van der Waals surface area contributed by atoms with Crippen LogP contribution in [-0.4, -0.2) is 29.7 Å². The lowest BCUT2D eigenvalue weighted by molar-refractivity contribution is -0.141. The molecule has 1 amide bonds. The SMILES string of the molecule is CCCCCC(=O)N1CCC(=O)C(C)(C)C1. The molecule has 0 bridgehead atoms. The second-order valence-corrected chi connectivity index (χ2v) is 5.33. The van der Waals surface area contributed by atoms with Gasteiger partial charge in [-0.25, -0.2) is 0 Å². The molecule has 3 heteroatoms. The summed E-state index contributed by atoms with van der Waals surface area (Å²) in [6.07, 6.45) is 4.38. The quantitative estimate of drug-likeness (QED) is 0.689. The zero-order valence-electron chi connectivity index (χ0n) is 10.7. The van der Waals surface area contributed by atoms with Gasteiger partial charge in [0.1, 0.15) is 5.78 Å². The normalized spacial score (nSPS) is 19.9. The van der Waals surface area contributed by atoms with Gasteiger partial charge in [0.15, 0.2) is 0 Å². The first-order chi connectivity index (χ1) is 7.47. The Morgan fingerprint density at radius 3 is 2.62 bits per heavy atom. The molecule has 0 radical (unpaired) electrons. The number of carbonyl (C=O) groups is 2. The van der Waals surface area contributed by atoms with Crippen LogP contribution in [0.1, 0.15) is 52.9 Å². The molecule has 0 unspecified atom stereocenters. The highest BCUT2D eigenvalue weighted by Gasteiger charge is 2.35. The summed E-state index contributed by atoms with van der Waals surface area (Å²) in [4.78, 5) is 25.3. The first-order valence-electron chi connectivity index (χ1n) is 6.28. The topological polar surface area (TPSA) is 37.4 Å². The highest BCUT2D eigenvalue weighted by Crippen LogP contribution is 2.25. The van der Waals surface area contributed by atoms with Crippen molar-refractivity contribution in [2.45, 2.75) is 52.9 Å². The van der Waals surface area contributed by atoms with Gasteiger partial charge in [-0.05, 0) is 6.42 Å². The van der Waals surface area contributed by atoms with Gasteiger partial charge in [0.05, 0.1) is 0 Å². The predicted molar refractivity (Wildman–Crippen MR) is 64.1 cm³/mol. The first kappa shape index (κ1) is 13.2. The Morgan fingerprint density at radius 2 is 2.06 bits per heavy atom. The van der Waals surface area contributed by atoms with E-state index in [1.54, 1.807) is 0 Å². The third kappa shape index (κ3) is 3.32. The van der Waals surface area contributed by atoms with Gasteiger partial charge in [-0.15, -0.1) is 0 Å². The summed E-state index contributed by atoms with van der Waals surface area (Å²) >= 11 is 0. The number of nitrogens with zero attached hydrogens (tertiary/aromatic N) is 1. The van der Waals surface area contributed by atoms with Gasteiger partial charge in [0.25, 0.3) is 0 Å². The molecule has 3 nitrogen and oxygen atoms in total. The van der Waals surface area contributed by atoms with Gasteiger partial charge in [-0.3, -0.25) is 9.59 Å². The maximum atomic E-state index is 11.9. The molecule has 0 spiro atoms. The zero-order valence-corrected chi connectivity index (χ0v) is 10.7. The molecule has 0 aromatic rings. The summed E-state index contributed by atoms with van der Waals surface area (Å²) in [7, 11) is 0. The molecule has 1 aliphatic heterocycles. The van der Waals surface area contributed by atoms with Crippen LogP contribution in [0.2, 0.25) is 0 Å². The highest BCUT2D eigenvalue weighted by molar-refractivity contribution is 5.87. The van der Waals surface area contributed by atoms with E-state index in [0.29, 0.717) is 25.9 Å². The van der Waals surface area contributed by atoms with E-state index in [1.165, 1.54) is 0 Å². The van der Waals surface area contributed by atoms with Crippen LogP contribution in [0.25, 0.3) is 0 Å². The molecule has 0 aromatic heterocycles. The molecule has 1 heterocycles. The zero-order chi connectivity index (χ0) is 12.2. The molecule has 0 aromatic carbocycles. The maximum absolute atomic E-state index is 11.9. The molecule has 1 aliphatic rings. The van der Waals surface area contributed by atoms with Crippen molar-refractivity contribution in [1.29, 1.82) is 0 Å². The van der Waals surface area contributed by atoms with Crippen LogP contribution in [0, 0.1) is 5.41 Å². The number of amides is 1. The summed E-state index contributed by atoms with van der Waals surface area (Å²) in [6.45, 7) is 7.21. The van der Waals surface area contributed by atoms with Crippen LogP contribution in [0.5, 0.6) is 0 Å². The van der Waals surface area contributed by atoms with Crippen LogP contribution in [-0.2, 0) is 9.59 Å². The Balaban J connectivity index is 2.43. The fourth-order valence-electron chi connectivity index (χ4n) is 2.12. The molecular weight excluding hydrogens is 202 g/mol. The summed E-state index contributed by atoms with van der Waals surface area (Å²) in [5.74, 6) is 0.499. The van der Waals surface area contributed by atoms with E-state index in [0.717, 1.165) is 19.3 Å². The monoisotopic (exact) mass is 225 g/mol. The Labute approximate surface area is 98.2 Å². The van der Waals surface area contributed by atoms with E-state index in [4.69, 9.17) is 0 Å². The second kappa shape index (κ2) is 5.46. The summed E-state index contributed by atoms with van der Waals surface area (Å²) < 4.78 is 0. The number of hydrogen-bond donors (Lipinski definition) is 0. The molecule has 1 fully saturated rings. The molecule has 16 heavy (non-hydrogen) atoms. The van der Waals surface area contributed by atoms with E-state index in [2.05, 4.69) is 6.92 Å². The second-order valence-electron chi connectivity index (χ2n) is 5.33. The van der Waals surface area contributed by atoms with Crippen molar-refractivity contribution in [2.75, 3.05) is 13.1 Å². The number of carbonyl (C=O) groups excluding carboxylic acids is 2. The minimum atomic E-state index is -0.349. The summed E-state index contributed by atoms with van der Waals surface area (Å²) in [6, 6.07) is 0. The van der Waals surface area contributed by atoms with E-state index < -0.39 is 0 Å². The molecule has 0 saturated carbocycles. The van der Waals surface area contributed by atoms with Crippen LogP contribution in [0.4, 0.5) is 0 Å². The fourth-order valence-corrected chi connectivity index (χ4v) is 2.12. The minimum absolute atomic E-state index is 0.217. The largest absolute Gasteiger partial charge is 0.341 e. The molecular formula is C13H23NO2. The van der Waals surface area contributed by atoms with E-state index >= 15 is 0 Å². The average Bonchev–Trinajstić information content (AvgIpc) is 2.22. The van der Waals surface area contributed by atoms with E-state index in [9.17, 15) is 9.59 Å². The van der Waals surface area contributed by atoms with E-state index in [1.807, 2.05) is 18.7 Å². The average molecular weight is 225 g/mol. The lowest BCUT2D eigenvalue weighted by atomic mass is 9.82. The molecule has 92 valence electrons. The van der Waals surface area contributed by atoms with Gasteiger partial charge < -0.3 is 4.90 Å². The summed E-state index contributed by atoms with van der Waals surface area (Å²) in [5, 5.41) is 0. The standard InChI is InChI=1S/C13H23NO2/c1-4-5-6-7-12(16)14-9-8-11(15)13(2,3)10-14/h4-10H2,1-3H3. The van der Waals surface area contributed by atoms with Gasteiger partial charge >= 0.3 is 0 Å². The Hall–Kier alpha value is -0.860.